The molecule has 0 saturated carbocycles. The summed E-state index contributed by atoms with van der Waals surface area (Å²) in [5, 5.41) is 0. The van der Waals surface area contributed by atoms with Crippen molar-refractivity contribution in [2.24, 2.45) is 11.8 Å². The number of ether oxygens (including phenoxy) is 1. The van der Waals surface area contributed by atoms with Gasteiger partial charge in [0.15, 0.2) is 0 Å². The topological polar surface area (TPSA) is 9.23 Å². The van der Waals surface area contributed by atoms with E-state index in [0.29, 0.717) is 5.92 Å². The van der Waals surface area contributed by atoms with Gasteiger partial charge < -0.3 is 4.74 Å². The van der Waals surface area contributed by atoms with Crippen LogP contribution in [0.1, 0.15) is 19.8 Å². The first-order valence-electron chi connectivity index (χ1n) is 4.87. The molecule has 1 aliphatic heterocycles. The fraction of sp³-hybridized carbons (Fsp3) is 0.636. The summed E-state index contributed by atoms with van der Waals surface area (Å²) < 4.78 is 5.46. The number of hydrogen-bond acceptors (Lipinski definition) is 1. The van der Waals surface area contributed by atoms with Crippen LogP contribution in [0, 0.1) is 11.8 Å². The Balaban J connectivity index is 2.08. The molecule has 2 atom stereocenters. The Hall–Kier alpha value is -0.560. The molecule has 0 radical (unpaired) electrons. The summed E-state index contributed by atoms with van der Waals surface area (Å²) in [6.45, 7) is 4.07. The second kappa shape index (κ2) is 3.44. The highest BCUT2D eigenvalue weighted by atomic mass is 16.5. The predicted molar refractivity (Wildman–Crippen MR) is 49.9 cm³/mol. The zero-order valence-corrected chi connectivity index (χ0v) is 7.62. The van der Waals surface area contributed by atoms with E-state index < -0.39 is 0 Å². The summed E-state index contributed by atoms with van der Waals surface area (Å²) >= 11 is 0. The lowest BCUT2D eigenvalue weighted by Crippen LogP contribution is -2.16. The lowest BCUT2D eigenvalue weighted by molar-refractivity contribution is 0.177. The van der Waals surface area contributed by atoms with Gasteiger partial charge >= 0.3 is 0 Å². The molecule has 0 aromatic rings. The summed E-state index contributed by atoms with van der Waals surface area (Å²) in [6.07, 6.45) is 9.34. The van der Waals surface area contributed by atoms with Crippen LogP contribution in [0.15, 0.2) is 23.8 Å². The van der Waals surface area contributed by atoms with Crippen LogP contribution in [0.2, 0.25) is 0 Å². The van der Waals surface area contributed by atoms with Gasteiger partial charge in [-0.05, 0) is 17.9 Å². The van der Waals surface area contributed by atoms with Gasteiger partial charge in [0.2, 0.25) is 0 Å². The maximum absolute atomic E-state index is 5.46. The Morgan fingerprint density at radius 3 is 3.33 bits per heavy atom. The van der Waals surface area contributed by atoms with E-state index >= 15 is 0 Å². The highest BCUT2D eigenvalue weighted by Gasteiger charge is 2.28. The van der Waals surface area contributed by atoms with E-state index in [4.69, 9.17) is 4.74 Å². The molecule has 0 N–H and O–H groups in total. The molecule has 1 saturated heterocycles. The minimum Gasteiger partial charge on any atom is -0.376 e. The van der Waals surface area contributed by atoms with Crippen molar-refractivity contribution in [1.29, 1.82) is 0 Å². The Morgan fingerprint density at radius 2 is 2.50 bits per heavy atom. The fourth-order valence-electron chi connectivity index (χ4n) is 2.17. The third-order valence-electron chi connectivity index (χ3n) is 2.85. The van der Waals surface area contributed by atoms with Gasteiger partial charge in [0.25, 0.3) is 0 Å². The first-order chi connectivity index (χ1) is 5.92. The second-order valence-corrected chi connectivity index (χ2v) is 3.70. The second-order valence-electron chi connectivity index (χ2n) is 3.70. The van der Waals surface area contributed by atoms with Crippen LogP contribution in [0.4, 0.5) is 0 Å². The molecule has 0 aromatic carbocycles. The SMILES string of the molecule is CCC[C@H]1C=CC=C2COC[C@@H]21. The van der Waals surface area contributed by atoms with Crippen LogP contribution in [0.25, 0.3) is 0 Å². The van der Waals surface area contributed by atoms with E-state index in [9.17, 15) is 0 Å². The summed E-state index contributed by atoms with van der Waals surface area (Å²) in [5.41, 5.74) is 1.51. The van der Waals surface area contributed by atoms with Gasteiger partial charge in [-0.15, -0.1) is 0 Å². The average molecular weight is 164 g/mol. The number of hydrogen-bond donors (Lipinski definition) is 0. The van der Waals surface area contributed by atoms with Crippen LogP contribution in [0.3, 0.4) is 0 Å². The lowest BCUT2D eigenvalue weighted by atomic mass is 9.82. The van der Waals surface area contributed by atoms with E-state index in [1.54, 1.807) is 0 Å². The van der Waals surface area contributed by atoms with Gasteiger partial charge in [-0.1, -0.05) is 31.6 Å². The van der Waals surface area contributed by atoms with E-state index in [-0.39, 0.29) is 0 Å². The lowest BCUT2D eigenvalue weighted by Gasteiger charge is -2.22. The van der Waals surface area contributed by atoms with Crippen molar-refractivity contribution in [3.63, 3.8) is 0 Å². The van der Waals surface area contributed by atoms with Crippen molar-refractivity contribution in [3.8, 4) is 0 Å². The van der Waals surface area contributed by atoms with Crippen molar-refractivity contribution in [3.05, 3.63) is 23.8 Å². The van der Waals surface area contributed by atoms with Crippen LogP contribution in [0.5, 0.6) is 0 Å². The molecule has 2 rings (SSSR count). The number of allylic oxidation sites excluding steroid dienone is 3. The third kappa shape index (κ3) is 1.34. The van der Waals surface area contributed by atoms with E-state index in [0.717, 1.165) is 19.1 Å². The molecule has 1 heteroatoms. The average Bonchev–Trinajstić information content (AvgIpc) is 2.53. The summed E-state index contributed by atoms with van der Waals surface area (Å²) in [4.78, 5) is 0. The fourth-order valence-corrected chi connectivity index (χ4v) is 2.17. The van der Waals surface area contributed by atoms with Crippen LogP contribution in [-0.4, -0.2) is 13.2 Å². The zero-order chi connectivity index (χ0) is 8.39. The van der Waals surface area contributed by atoms with Crippen molar-refractivity contribution in [2.45, 2.75) is 19.8 Å². The van der Waals surface area contributed by atoms with Gasteiger partial charge in [-0.3, -0.25) is 0 Å². The van der Waals surface area contributed by atoms with Crippen molar-refractivity contribution in [1.82, 2.24) is 0 Å². The van der Waals surface area contributed by atoms with E-state index in [2.05, 4.69) is 25.2 Å². The maximum atomic E-state index is 5.46. The third-order valence-corrected chi connectivity index (χ3v) is 2.85. The molecule has 0 bridgehead atoms. The Morgan fingerprint density at radius 1 is 1.58 bits per heavy atom. The van der Waals surface area contributed by atoms with Crippen LogP contribution < -0.4 is 0 Å². The van der Waals surface area contributed by atoms with Crippen molar-refractivity contribution < 1.29 is 4.74 Å². The molecule has 66 valence electrons. The zero-order valence-electron chi connectivity index (χ0n) is 7.62. The largest absolute Gasteiger partial charge is 0.376 e. The highest BCUT2D eigenvalue weighted by molar-refractivity contribution is 5.25. The minimum atomic E-state index is 0.704. The number of fused-ring (bicyclic) bond motifs is 1. The Kier molecular flexibility index (Phi) is 2.31. The Labute approximate surface area is 74.1 Å². The highest BCUT2D eigenvalue weighted by Crippen LogP contribution is 2.33. The summed E-state index contributed by atoms with van der Waals surface area (Å²) in [7, 11) is 0. The van der Waals surface area contributed by atoms with Crippen LogP contribution in [-0.2, 0) is 4.74 Å². The molecule has 0 unspecified atom stereocenters. The first kappa shape index (κ1) is 8.06. The standard InChI is InChI=1S/C11H16O/c1-2-4-9-5-3-6-10-7-12-8-11(9)10/h3,5-6,9,11H,2,4,7-8H2,1H3/t9-,11+/m0/s1. The van der Waals surface area contributed by atoms with Crippen molar-refractivity contribution in [2.75, 3.05) is 13.2 Å². The number of rotatable bonds is 2. The maximum Gasteiger partial charge on any atom is 0.0683 e. The monoisotopic (exact) mass is 164 g/mol. The molecule has 1 heterocycles. The molecule has 12 heavy (non-hydrogen) atoms. The minimum absolute atomic E-state index is 0.704. The van der Waals surface area contributed by atoms with Gasteiger partial charge in [-0.25, -0.2) is 0 Å². The normalized spacial score (nSPS) is 33.2. The van der Waals surface area contributed by atoms with Gasteiger partial charge in [-0.2, -0.15) is 0 Å². The molecule has 0 amide bonds. The molecule has 0 spiro atoms. The van der Waals surface area contributed by atoms with E-state index in [1.165, 1.54) is 18.4 Å². The molecular weight excluding hydrogens is 148 g/mol. The van der Waals surface area contributed by atoms with E-state index in [1.807, 2.05) is 0 Å². The first-order valence-corrected chi connectivity index (χ1v) is 4.87. The molecule has 0 aromatic heterocycles. The van der Waals surface area contributed by atoms with Crippen LogP contribution >= 0.6 is 0 Å². The van der Waals surface area contributed by atoms with Gasteiger partial charge in [0.05, 0.1) is 13.2 Å². The molecule has 2 aliphatic rings. The van der Waals surface area contributed by atoms with Gasteiger partial charge in [0.1, 0.15) is 0 Å². The summed E-state index contributed by atoms with van der Waals surface area (Å²) in [6, 6.07) is 0. The molecule has 1 aliphatic carbocycles. The predicted octanol–water partition coefficient (Wildman–Crippen LogP) is 2.55. The summed E-state index contributed by atoms with van der Waals surface area (Å²) in [5.74, 6) is 1.45. The Bertz CT molecular complexity index is 215. The quantitative estimate of drug-likeness (QED) is 0.609. The molecule has 1 fully saturated rings. The van der Waals surface area contributed by atoms with Crippen molar-refractivity contribution >= 4 is 0 Å². The van der Waals surface area contributed by atoms with Gasteiger partial charge in [0, 0.05) is 5.92 Å². The molecular formula is C11H16O. The smallest absolute Gasteiger partial charge is 0.0683 e. The molecule has 1 nitrogen and oxygen atoms in total.